The van der Waals surface area contributed by atoms with E-state index < -0.39 is 10.0 Å². The monoisotopic (exact) mass is 346 g/mol. The van der Waals surface area contributed by atoms with Gasteiger partial charge in [0, 0.05) is 18.3 Å². The number of carbonyl (C=O) groups is 1. The maximum absolute atomic E-state index is 12.1. The summed E-state index contributed by atoms with van der Waals surface area (Å²) >= 11 is 0. The van der Waals surface area contributed by atoms with Crippen molar-refractivity contribution in [1.29, 1.82) is 0 Å². The molecule has 0 aliphatic carbocycles. The van der Waals surface area contributed by atoms with Gasteiger partial charge in [0.2, 0.25) is 15.9 Å². The number of nitrogens with one attached hydrogen (secondary N) is 1. The van der Waals surface area contributed by atoms with E-state index in [-0.39, 0.29) is 11.7 Å². The molecule has 1 saturated heterocycles. The van der Waals surface area contributed by atoms with Crippen LogP contribution < -0.4 is 9.62 Å². The highest BCUT2D eigenvalue weighted by atomic mass is 32.2. The lowest BCUT2D eigenvalue weighted by molar-refractivity contribution is -0.111. The Hall–Kier alpha value is -2.54. The molecular formula is C17H18N2O4S. The standard InChI is InChI=1S/C17H18N2O4S/c1-13-5-6-14(12-16(13)19-9-3-11-24(19,21)22)18-17(20)8-7-15-4-2-10-23-15/h2,4-8,10,12H,3,9,11H2,1H3,(H,18,20)/b8-7-. The third-order valence-electron chi connectivity index (χ3n) is 3.79. The highest BCUT2D eigenvalue weighted by Gasteiger charge is 2.29. The summed E-state index contributed by atoms with van der Waals surface area (Å²) in [4.78, 5) is 12.0. The van der Waals surface area contributed by atoms with Gasteiger partial charge in [-0.2, -0.15) is 0 Å². The predicted molar refractivity (Wildman–Crippen MR) is 93.3 cm³/mol. The number of anilines is 2. The quantitative estimate of drug-likeness (QED) is 0.863. The smallest absolute Gasteiger partial charge is 0.248 e. The Morgan fingerprint density at radius 3 is 2.83 bits per heavy atom. The molecule has 0 bridgehead atoms. The van der Waals surface area contributed by atoms with Crippen molar-refractivity contribution in [3.05, 3.63) is 54.0 Å². The van der Waals surface area contributed by atoms with Crippen molar-refractivity contribution >= 4 is 33.4 Å². The van der Waals surface area contributed by atoms with Crippen molar-refractivity contribution in [3.8, 4) is 0 Å². The predicted octanol–water partition coefficient (Wildman–Crippen LogP) is 2.78. The Labute approximate surface area is 140 Å². The van der Waals surface area contributed by atoms with Crippen molar-refractivity contribution in [2.75, 3.05) is 21.9 Å². The van der Waals surface area contributed by atoms with Crippen molar-refractivity contribution in [2.24, 2.45) is 0 Å². The third kappa shape index (κ3) is 3.51. The summed E-state index contributed by atoms with van der Waals surface area (Å²) in [6, 6.07) is 8.72. The van der Waals surface area contributed by atoms with Gasteiger partial charge in [-0.3, -0.25) is 9.10 Å². The summed E-state index contributed by atoms with van der Waals surface area (Å²) in [5, 5.41) is 2.73. The zero-order valence-corrected chi connectivity index (χ0v) is 14.0. The average molecular weight is 346 g/mol. The zero-order chi connectivity index (χ0) is 17.2. The second-order valence-corrected chi connectivity index (χ2v) is 7.59. The number of furan rings is 1. The van der Waals surface area contributed by atoms with E-state index in [1.165, 1.54) is 16.6 Å². The Morgan fingerprint density at radius 1 is 1.33 bits per heavy atom. The van der Waals surface area contributed by atoms with Crippen LogP contribution in [0.5, 0.6) is 0 Å². The summed E-state index contributed by atoms with van der Waals surface area (Å²) in [6.07, 6.45) is 5.07. The summed E-state index contributed by atoms with van der Waals surface area (Å²) in [7, 11) is -3.25. The van der Waals surface area contributed by atoms with Crippen molar-refractivity contribution in [1.82, 2.24) is 0 Å². The van der Waals surface area contributed by atoms with Gasteiger partial charge in [0.15, 0.2) is 0 Å². The second-order valence-electron chi connectivity index (χ2n) is 5.58. The van der Waals surface area contributed by atoms with E-state index in [0.29, 0.717) is 30.1 Å². The molecule has 3 rings (SSSR count). The van der Waals surface area contributed by atoms with Crippen molar-refractivity contribution in [2.45, 2.75) is 13.3 Å². The minimum Gasteiger partial charge on any atom is -0.465 e. The minimum absolute atomic E-state index is 0.162. The molecule has 0 spiro atoms. The molecule has 7 heteroatoms. The first-order valence-corrected chi connectivity index (χ1v) is 9.20. The van der Waals surface area contributed by atoms with Crippen molar-refractivity contribution in [3.63, 3.8) is 0 Å². The molecule has 6 nitrogen and oxygen atoms in total. The second kappa shape index (κ2) is 6.52. The van der Waals surface area contributed by atoms with E-state index in [4.69, 9.17) is 4.42 Å². The molecule has 1 N–H and O–H groups in total. The van der Waals surface area contributed by atoms with Gasteiger partial charge in [-0.15, -0.1) is 0 Å². The zero-order valence-electron chi connectivity index (χ0n) is 13.2. The maximum Gasteiger partial charge on any atom is 0.248 e. The van der Waals surface area contributed by atoms with Crippen LogP contribution >= 0.6 is 0 Å². The van der Waals surface area contributed by atoms with Crippen molar-refractivity contribution < 1.29 is 17.6 Å². The first-order chi connectivity index (χ1) is 11.5. The Bertz CT molecular complexity index is 870. The summed E-state index contributed by atoms with van der Waals surface area (Å²) < 4.78 is 30.7. The molecule has 126 valence electrons. The fraction of sp³-hybridized carbons (Fsp3) is 0.235. The molecule has 1 aromatic heterocycles. The van der Waals surface area contributed by atoms with Crippen LogP contribution in [-0.2, 0) is 14.8 Å². The summed E-state index contributed by atoms with van der Waals surface area (Å²) in [5.74, 6) is 0.429. The number of carbonyl (C=O) groups excluding carboxylic acids is 1. The fourth-order valence-corrected chi connectivity index (χ4v) is 4.21. The van der Waals surface area contributed by atoms with E-state index in [1.807, 2.05) is 6.92 Å². The molecule has 1 aliphatic heterocycles. The van der Waals surface area contributed by atoms with Crippen LogP contribution in [0, 0.1) is 6.92 Å². The van der Waals surface area contributed by atoms with E-state index in [1.54, 1.807) is 36.4 Å². The number of nitrogens with zero attached hydrogens (tertiary/aromatic N) is 1. The van der Waals surface area contributed by atoms with Crippen LogP contribution in [0.4, 0.5) is 11.4 Å². The molecule has 0 radical (unpaired) electrons. The topological polar surface area (TPSA) is 79.6 Å². The number of rotatable bonds is 4. The Kier molecular flexibility index (Phi) is 4.44. The lowest BCUT2D eigenvalue weighted by atomic mass is 10.1. The molecule has 1 fully saturated rings. The lowest BCUT2D eigenvalue weighted by Gasteiger charge is -2.20. The van der Waals surface area contributed by atoms with Crippen LogP contribution in [0.3, 0.4) is 0 Å². The summed E-state index contributed by atoms with van der Waals surface area (Å²) in [6.45, 7) is 2.32. The van der Waals surface area contributed by atoms with Crippen LogP contribution in [0.2, 0.25) is 0 Å². The Balaban J connectivity index is 1.77. The van der Waals surface area contributed by atoms with Gasteiger partial charge in [-0.05, 0) is 49.2 Å². The molecule has 1 aliphatic rings. The van der Waals surface area contributed by atoms with Crippen LogP contribution in [0.15, 0.2) is 47.1 Å². The first kappa shape index (κ1) is 16.3. The number of benzene rings is 1. The van der Waals surface area contributed by atoms with Crippen LogP contribution in [-0.4, -0.2) is 26.6 Å². The fourth-order valence-electron chi connectivity index (χ4n) is 2.59. The van der Waals surface area contributed by atoms with Crippen LogP contribution in [0.1, 0.15) is 17.7 Å². The molecule has 2 heterocycles. The number of amides is 1. The largest absolute Gasteiger partial charge is 0.465 e. The number of hydrogen-bond acceptors (Lipinski definition) is 4. The van der Waals surface area contributed by atoms with Gasteiger partial charge in [0.1, 0.15) is 5.76 Å². The normalized spacial score (nSPS) is 16.6. The number of sulfonamides is 1. The molecule has 0 saturated carbocycles. The van der Waals surface area contributed by atoms with Gasteiger partial charge in [-0.1, -0.05) is 6.07 Å². The first-order valence-electron chi connectivity index (χ1n) is 7.59. The average Bonchev–Trinajstić information content (AvgIpc) is 3.16. The highest BCUT2D eigenvalue weighted by molar-refractivity contribution is 7.93. The molecular weight excluding hydrogens is 328 g/mol. The van der Waals surface area contributed by atoms with Gasteiger partial charge in [0.05, 0.1) is 17.7 Å². The maximum atomic E-state index is 12.1. The molecule has 1 aromatic carbocycles. The van der Waals surface area contributed by atoms with E-state index >= 15 is 0 Å². The molecule has 0 atom stereocenters. The SMILES string of the molecule is Cc1ccc(NC(=O)/C=C\c2ccco2)cc1N1CCCS1(=O)=O. The Morgan fingerprint density at radius 2 is 2.17 bits per heavy atom. The van der Waals surface area contributed by atoms with E-state index in [2.05, 4.69) is 5.32 Å². The molecule has 2 aromatic rings. The van der Waals surface area contributed by atoms with Gasteiger partial charge >= 0.3 is 0 Å². The van der Waals surface area contributed by atoms with Gasteiger partial charge in [0.25, 0.3) is 0 Å². The number of aryl methyl sites for hydroxylation is 1. The van der Waals surface area contributed by atoms with Gasteiger partial charge < -0.3 is 9.73 Å². The third-order valence-corrected chi connectivity index (χ3v) is 5.64. The highest BCUT2D eigenvalue weighted by Crippen LogP contribution is 2.30. The summed E-state index contributed by atoms with van der Waals surface area (Å²) in [5.41, 5.74) is 2.01. The number of hydrogen-bond donors (Lipinski definition) is 1. The van der Waals surface area contributed by atoms with E-state index in [9.17, 15) is 13.2 Å². The minimum atomic E-state index is -3.25. The molecule has 0 unspecified atom stereocenters. The molecule has 24 heavy (non-hydrogen) atoms. The molecule has 1 amide bonds. The van der Waals surface area contributed by atoms with Crippen LogP contribution in [0.25, 0.3) is 6.08 Å². The van der Waals surface area contributed by atoms with E-state index in [0.717, 1.165) is 5.56 Å². The lowest BCUT2D eigenvalue weighted by Crippen LogP contribution is -2.26. The van der Waals surface area contributed by atoms with Gasteiger partial charge in [-0.25, -0.2) is 8.42 Å².